The van der Waals surface area contributed by atoms with Crippen molar-refractivity contribution >= 4 is 34.6 Å². The lowest BCUT2D eigenvalue weighted by atomic mass is 10.4. The van der Waals surface area contributed by atoms with E-state index in [1.54, 1.807) is 12.1 Å². The van der Waals surface area contributed by atoms with Gasteiger partial charge in [0.2, 0.25) is 17.7 Å². The van der Waals surface area contributed by atoms with Crippen LogP contribution in [0.5, 0.6) is 11.8 Å². The van der Waals surface area contributed by atoms with E-state index in [1.165, 1.54) is 28.1 Å². The zero-order valence-electron chi connectivity index (χ0n) is 13.8. The van der Waals surface area contributed by atoms with Crippen molar-refractivity contribution in [2.24, 2.45) is 0 Å². The van der Waals surface area contributed by atoms with Gasteiger partial charge in [0.1, 0.15) is 12.4 Å². The molecule has 1 aliphatic heterocycles. The Labute approximate surface area is 157 Å². The fourth-order valence-corrected chi connectivity index (χ4v) is 2.83. The summed E-state index contributed by atoms with van der Waals surface area (Å²) in [7, 11) is 0. The molecule has 0 bridgehead atoms. The largest absolute Gasteiger partial charge is 0.493 e. The van der Waals surface area contributed by atoms with E-state index in [2.05, 4.69) is 20.3 Å². The lowest BCUT2D eigenvalue weighted by Gasteiger charge is -2.25. The minimum absolute atomic E-state index is 0.0543. The van der Waals surface area contributed by atoms with Crippen molar-refractivity contribution in [1.82, 2.24) is 29.7 Å². The fourth-order valence-electron chi connectivity index (χ4n) is 2.71. The van der Waals surface area contributed by atoms with Crippen molar-refractivity contribution in [3.63, 3.8) is 0 Å². The smallest absolute Gasteiger partial charge is 0.417 e. The molecule has 0 atom stereocenters. The molecule has 4 heterocycles. The lowest BCUT2D eigenvalue weighted by Crippen LogP contribution is -2.50. The van der Waals surface area contributed by atoms with Gasteiger partial charge in [-0.3, -0.25) is 9.69 Å². The molecule has 0 aliphatic carbocycles. The zero-order chi connectivity index (χ0) is 19.0. The van der Waals surface area contributed by atoms with Gasteiger partial charge in [-0.25, -0.2) is 24.3 Å². The monoisotopic (exact) mass is 388 g/mol. The number of hydrogen-bond donors (Lipinski definition) is 2. The summed E-state index contributed by atoms with van der Waals surface area (Å²) in [5, 5.41) is 13.6. The highest BCUT2D eigenvalue weighted by molar-refractivity contribution is 6.30. The summed E-state index contributed by atoms with van der Waals surface area (Å²) in [6, 6.07) is 3.13. The highest BCUT2D eigenvalue weighted by atomic mass is 35.5. The van der Waals surface area contributed by atoms with Crippen LogP contribution in [0.4, 0.5) is 4.79 Å². The third-order valence-electron chi connectivity index (χ3n) is 3.95. The second-order valence-corrected chi connectivity index (χ2v) is 6.13. The van der Waals surface area contributed by atoms with Crippen molar-refractivity contribution in [2.45, 2.75) is 0 Å². The molecule has 3 aromatic heterocycles. The molecule has 0 aromatic carbocycles. The summed E-state index contributed by atoms with van der Waals surface area (Å²) in [6.07, 6.45) is 3.46. The van der Waals surface area contributed by atoms with E-state index in [0.29, 0.717) is 18.1 Å². The maximum Gasteiger partial charge on any atom is 0.417 e. The van der Waals surface area contributed by atoms with Gasteiger partial charge in [0.25, 0.3) is 0 Å². The van der Waals surface area contributed by atoms with Crippen molar-refractivity contribution in [3.05, 3.63) is 35.7 Å². The number of aromatic hydroxyl groups is 1. The van der Waals surface area contributed by atoms with E-state index in [-0.39, 0.29) is 41.1 Å². The van der Waals surface area contributed by atoms with E-state index in [0.717, 1.165) is 0 Å². The average Bonchev–Trinajstić information content (AvgIpc) is 2.95. The number of pyridine rings is 1. The second kappa shape index (κ2) is 6.72. The van der Waals surface area contributed by atoms with E-state index in [4.69, 9.17) is 16.3 Å². The Balaban J connectivity index is 1.78. The molecule has 11 heteroatoms. The van der Waals surface area contributed by atoms with Gasteiger partial charge in [-0.2, -0.15) is 0 Å². The molecular weight excluding hydrogens is 376 g/mol. The van der Waals surface area contributed by atoms with Gasteiger partial charge in [0, 0.05) is 31.7 Å². The summed E-state index contributed by atoms with van der Waals surface area (Å²) < 4.78 is 6.70. The zero-order valence-corrected chi connectivity index (χ0v) is 14.5. The first kappa shape index (κ1) is 17.0. The Bertz CT molecular complexity index is 1040. The molecular formula is C16H13ClN6O4. The number of carbonyl (C=O) groups is 2. The van der Waals surface area contributed by atoms with E-state index >= 15 is 0 Å². The molecule has 1 saturated heterocycles. The van der Waals surface area contributed by atoms with Crippen LogP contribution in [0.3, 0.4) is 0 Å². The molecule has 0 saturated carbocycles. The first-order valence-corrected chi connectivity index (χ1v) is 8.32. The van der Waals surface area contributed by atoms with Crippen LogP contribution >= 0.6 is 11.6 Å². The molecule has 10 nitrogen and oxygen atoms in total. The van der Waals surface area contributed by atoms with Gasteiger partial charge >= 0.3 is 6.09 Å². The number of ether oxygens (including phenoxy) is 1. The Morgan fingerprint density at radius 2 is 2.00 bits per heavy atom. The molecule has 0 unspecified atom stereocenters. The molecule has 3 aromatic rings. The number of fused-ring (bicyclic) bond motifs is 1. The predicted octanol–water partition coefficient (Wildman–Crippen LogP) is 1.11. The molecule has 1 aliphatic rings. The maximum absolute atomic E-state index is 12.5. The number of aromatic nitrogens is 4. The molecule has 2 N–H and O–H groups in total. The molecule has 4 rings (SSSR count). The number of nitrogens with zero attached hydrogens (tertiary/aromatic N) is 5. The molecule has 138 valence electrons. The lowest BCUT2D eigenvalue weighted by molar-refractivity contribution is -0.123. The van der Waals surface area contributed by atoms with Gasteiger partial charge in [-0.15, -0.1) is 0 Å². The quantitative estimate of drug-likeness (QED) is 0.674. The number of amides is 2. The van der Waals surface area contributed by atoms with Crippen LogP contribution in [0, 0.1) is 0 Å². The van der Waals surface area contributed by atoms with Gasteiger partial charge in [0.15, 0.2) is 11.0 Å². The highest BCUT2D eigenvalue weighted by Gasteiger charge is 2.28. The number of nitrogens with one attached hydrogen (secondary N) is 1. The van der Waals surface area contributed by atoms with Crippen LogP contribution in [0.25, 0.3) is 16.9 Å². The van der Waals surface area contributed by atoms with Crippen molar-refractivity contribution in [1.29, 1.82) is 0 Å². The minimum atomic E-state index is -0.745. The molecule has 27 heavy (non-hydrogen) atoms. The third-order valence-corrected chi connectivity index (χ3v) is 4.17. The summed E-state index contributed by atoms with van der Waals surface area (Å²) in [5.41, 5.74) is 0.329. The van der Waals surface area contributed by atoms with Gasteiger partial charge < -0.3 is 15.2 Å². The fraction of sp³-hybridized carbons (Fsp3) is 0.188. The Morgan fingerprint density at radius 1 is 1.22 bits per heavy atom. The molecule has 0 radical (unpaired) electrons. The average molecular weight is 389 g/mol. The van der Waals surface area contributed by atoms with E-state index < -0.39 is 6.09 Å². The number of piperazine rings is 1. The number of halogens is 1. The Hall–Kier alpha value is -3.40. The van der Waals surface area contributed by atoms with Gasteiger partial charge in [0.05, 0.1) is 5.02 Å². The van der Waals surface area contributed by atoms with E-state index in [1.807, 2.05) is 0 Å². The summed E-state index contributed by atoms with van der Waals surface area (Å²) in [6.45, 7) is 0.522. The van der Waals surface area contributed by atoms with Crippen molar-refractivity contribution < 1.29 is 19.4 Å². The van der Waals surface area contributed by atoms with Crippen molar-refractivity contribution in [3.8, 4) is 17.6 Å². The van der Waals surface area contributed by atoms with Crippen LogP contribution in [0.1, 0.15) is 0 Å². The van der Waals surface area contributed by atoms with Crippen LogP contribution < -0.4 is 10.1 Å². The maximum atomic E-state index is 12.5. The Morgan fingerprint density at radius 3 is 2.70 bits per heavy atom. The van der Waals surface area contributed by atoms with Gasteiger partial charge in [-0.05, 0) is 12.1 Å². The number of carbonyl (C=O) groups excluding carboxylic acids is 2. The Kier molecular flexibility index (Phi) is 4.24. The minimum Gasteiger partial charge on any atom is -0.493 e. The number of rotatable bonds is 2. The summed E-state index contributed by atoms with van der Waals surface area (Å²) >= 11 is 5.87. The normalized spacial score (nSPS) is 14.3. The number of hydrogen-bond acceptors (Lipinski definition) is 7. The molecule has 1 fully saturated rings. The highest BCUT2D eigenvalue weighted by Crippen LogP contribution is 2.37. The van der Waals surface area contributed by atoms with Crippen molar-refractivity contribution in [2.75, 3.05) is 19.6 Å². The van der Waals surface area contributed by atoms with Crippen LogP contribution in [-0.4, -0.2) is 61.2 Å². The van der Waals surface area contributed by atoms with Crippen LogP contribution in [-0.2, 0) is 4.79 Å². The molecule has 0 spiro atoms. The topological polar surface area (TPSA) is 122 Å². The SMILES string of the molecule is O=C1CN(C(=O)Oc2c3nccnc3c(O)n2-c2ccc(Cl)cn2)CCN1. The predicted molar refractivity (Wildman–Crippen MR) is 93.9 cm³/mol. The first-order chi connectivity index (χ1) is 13.0. The summed E-state index contributed by atoms with van der Waals surface area (Å²) in [4.78, 5) is 37.7. The van der Waals surface area contributed by atoms with Gasteiger partial charge in [-0.1, -0.05) is 11.6 Å². The first-order valence-electron chi connectivity index (χ1n) is 7.94. The third kappa shape index (κ3) is 3.10. The van der Waals surface area contributed by atoms with E-state index in [9.17, 15) is 14.7 Å². The standard InChI is InChI=1S/C16H13ClN6O4/c17-9-1-2-10(21-7-9)23-14(25)12-13(20-4-3-19-12)15(23)27-16(26)22-6-5-18-11(24)8-22/h1-4,7,25H,5-6,8H2,(H,18,24). The van der Waals surface area contributed by atoms with Crippen LogP contribution in [0.15, 0.2) is 30.7 Å². The van der Waals surface area contributed by atoms with Crippen LogP contribution in [0.2, 0.25) is 5.02 Å². The molecule has 2 amide bonds. The second-order valence-electron chi connectivity index (χ2n) is 5.69. The summed E-state index contributed by atoms with van der Waals surface area (Å²) in [5.74, 6) is -0.357.